The standard InChI is InChI=1S/C26H33FN5O9P/c1-15(2)37-23(33)16(3)31-42(34,40-17-9-7-6-8-10-17)36-13-26(27)21-20(38-24(35-5)39-21)25(4,41-26)19-12-11-18-22(28)29-14-30-32(18)19/h6-12,14-16,20-21,24H,13H2,1-5H3,(H,31,34)(H2,28,29,30)/t16-,20-,21+,24?,25+,26-,42?/m1/s1. The molecule has 228 valence electrons. The van der Waals surface area contributed by atoms with Gasteiger partial charge in [-0.05, 0) is 52.0 Å². The molecule has 2 fully saturated rings. The lowest BCUT2D eigenvalue weighted by Crippen LogP contribution is -2.43. The quantitative estimate of drug-likeness (QED) is 0.241. The minimum Gasteiger partial charge on any atom is -0.462 e. The lowest BCUT2D eigenvalue weighted by molar-refractivity contribution is -0.302. The number of nitrogens with two attached hydrogens (primary N) is 1. The smallest absolute Gasteiger partial charge is 0.459 e. The van der Waals surface area contributed by atoms with Crippen LogP contribution in [0, 0.1) is 0 Å². The first-order chi connectivity index (χ1) is 19.9. The second-order valence-electron chi connectivity index (χ2n) is 10.3. The maximum Gasteiger partial charge on any atom is 0.459 e. The summed E-state index contributed by atoms with van der Waals surface area (Å²) in [5, 5.41) is 6.77. The number of benzene rings is 1. The van der Waals surface area contributed by atoms with Crippen LogP contribution in [0.3, 0.4) is 0 Å². The minimum atomic E-state index is -4.44. The summed E-state index contributed by atoms with van der Waals surface area (Å²) in [6, 6.07) is 10.3. The second-order valence-corrected chi connectivity index (χ2v) is 12.0. The Hall–Kier alpha value is -3.17. The molecular formula is C26H33FN5O9P. The van der Waals surface area contributed by atoms with Crippen molar-refractivity contribution >= 4 is 25.1 Å². The average Bonchev–Trinajstić information content (AvgIpc) is 3.63. The lowest BCUT2D eigenvalue weighted by Gasteiger charge is -2.31. The molecular weight excluding hydrogens is 576 g/mol. The van der Waals surface area contributed by atoms with E-state index in [0.29, 0.717) is 11.2 Å². The van der Waals surface area contributed by atoms with E-state index in [0.717, 1.165) is 0 Å². The van der Waals surface area contributed by atoms with Crippen molar-refractivity contribution in [3.8, 4) is 5.75 Å². The normalized spacial score (nSPS) is 29.4. The van der Waals surface area contributed by atoms with Crippen molar-refractivity contribution in [3.63, 3.8) is 0 Å². The molecule has 2 aliphatic rings. The predicted molar refractivity (Wildman–Crippen MR) is 145 cm³/mol. The van der Waals surface area contributed by atoms with Gasteiger partial charge in [0.1, 0.15) is 41.9 Å². The number of hydrogen-bond donors (Lipinski definition) is 2. The largest absolute Gasteiger partial charge is 0.462 e. The summed E-state index contributed by atoms with van der Waals surface area (Å²) in [5.41, 5.74) is 5.33. The van der Waals surface area contributed by atoms with Crippen molar-refractivity contribution in [1.29, 1.82) is 0 Å². The summed E-state index contributed by atoms with van der Waals surface area (Å²) in [7, 11) is -3.10. The molecule has 0 amide bonds. The molecule has 4 heterocycles. The van der Waals surface area contributed by atoms with Crippen molar-refractivity contribution in [2.75, 3.05) is 19.5 Å². The van der Waals surface area contributed by atoms with E-state index in [2.05, 4.69) is 15.2 Å². The van der Waals surface area contributed by atoms with Crippen molar-refractivity contribution in [2.24, 2.45) is 0 Å². The van der Waals surface area contributed by atoms with Gasteiger partial charge in [0.15, 0.2) is 11.9 Å². The van der Waals surface area contributed by atoms with Crippen LogP contribution in [0.15, 0.2) is 48.8 Å². The number of esters is 1. The van der Waals surface area contributed by atoms with Gasteiger partial charge in [0.25, 0.3) is 12.3 Å². The van der Waals surface area contributed by atoms with Crippen LogP contribution in [0.25, 0.3) is 5.52 Å². The van der Waals surface area contributed by atoms with Crippen LogP contribution in [0.5, 0.6) is 5.75 Å². The molecule has 1 aromatic carbocycles. The molecule has 2 aromatic heterocycles. The Labute approximate surface area is 241 Å². The molecule has 2 unspecified atom stereocenters. The van der Waals surface area contributed by atoms with E-state index in [1.807, 2.05) is 0 Å². The van der Waals surface area contributed by atoms with Gasteiger partial charge in [0.05, 0.1) is 11.8 Å². The van der Waals surface area contributed by atoms with E-state index >= 15 is 4.39 Å². The van der Waals surface area contributed by atoms with Gasteiger partial charge < -0.3 is 33.9 Å². The summed E-state index contributed by atoms with van der Waals surface area (Å²) >= 11 is 0. The molecule has 2 saturated heterocycles. The fourth-order valence-electron chi connectivity index (χ4n) is 4.89. The van der Waals surface area contributed by atoms with Crippen molar-refractivity contribution in [3.05, 3.63) is 54.5 Å². The third-order valence-electron chi connectivity index (χ3n) is 6.78. The van der Waals surface area contributed by atoms with Gasteiger partial charge in [-0.2, -0.15) is 10.2 Å². The van der Waals surface area contributed by atoms with Crippen molar-refractivity contribution in [1.82, 2.24) is 19.7 Å². The zero-order valence-corrected chi connectivity index (χ0v) is 24.5. The van der Waals surface area contributed by atoms with Crippen LogP contribution in [0.2, 0.25) is 0 Å². The number of carbonyl (C=O) groups excluding carboxylic acids is 1. The number of nitrogens with one attached hydrogen (secondary N) is 1. The molecule has 16 heteroatoms. The molecule has 0 aliphatic carbocycles. The number of aromatic nitrogens is 3. The number of anilines is 1. The Morgan fingerprint density at radius 2 is 1.90 bits per heavy atom. The highest BCUT2D eigenvalue weighted by molar-refractivity contribution is 7.52. The first kappa shape index (κ1) is 30.3. The summed E-state index contributed by atoms with van der Waals surface area (Å²) in [6.07, 6.45) is -1.63. The van der Waals surface area contributed by atoms with Crippen LogP contribution in [-0.2, 0) is 43.2 Å². The number of nitrogen functional groups attached to an aromatic ring is 1. The molecule has 5 rings (SSSR count). The van der Waals surface area contributed by atoms with Crippen LogP contribution >= 0.6 is 7.75 Å². The number of nitrogens with zero attached hydrogens (tertiary/aromatic N) is 3. The van der Waals surface area contributed by atoms with E-state index in [4.69, 9.17) is 38.5 Å². The predicted octanol–water partition coefficient (Wildman–Crippen LogP) is 3.07. The fourth-order valence-corrected chi connectivity index (χ4v) is 6.39. The van der Waals surface area contributed by atoms with Gasteiger partial charge in [-0.25, -0.2) is 18.5 Å². The van der Waals surface area contributed by atoms with Gasteiger partial charge in [0.2, 0.25) is 0 Å². The number of alkyl halides is 1. The minimum absolute atomic E-state index is 0.151. The number of ether oxygens (including phenoxy) is 5. The Morgan fingerprint density at radius 1 is 1.19 bits per heavy atom. The van der Waals surface area contributed by atoms with Gasteiger partial charge >= 0.3 is 13.7 Å². The topological polar surface area (TPSA) is 167 Å². The number of rotatable bonds is 11. The van der Waals surface area contributed by atoms with Crippen molar-refractivity contribution in [2.45, 2.75) is 70.0 Å². The lowest BCUT2D eigenvalue weighted by atomic mass is 9.93. The molecule has 42 heavy (non-hydrogen) atoms. The third kappa shape index (κ3) is 5.73. The van der Waals surface area contributed by atoms with Gasteiger partial charge in [0, 0.05) is 7.11 Å². The molecule has 3 N–H and O–H groups in total. The maximum absolute atomic E-state index is 16.9. The number of fused-ring (bicyclic) bond motifs is 2. The Morgan fingerprint density at radius 3 is 2.60 bits per heavy atom. The van der Waals surface area contributed by atoms with Gasteiger partial charge in [-0.15, -0.1) is 0 Å². The number of para-hydroxylation sites is 1. The molecule has 14 nitrogen and oxygen atoms in total. The summed E-state index contributed by atoms with van der Waals surface area (Å²) in [4.78, 5) is 16.5. The Kier molecular flexibility index (Phi) is 8.29. The van der Waals surface area contributed by atoms with Crippen LogP contribution in [-0.4, -0.2) is 71.0 Å². The third-order valence-corrected chi connectivity index (χ3v) is 8.40. The SMILES string of the molecule is COC1O[C@@H]2[C@H](O1)[C@@](F)(COP(=O)(N[C@H](C)C(=O)OC(C)C)Oc1ccccc1)O[C@@]2(C)c1ccc2c(N)ncnn12. The first-order valence-corrected chi connectivity index (χ1v) is 14.7. The summed E-state index contributed by atoms with van der Waals surface area (Å²) < 4.78 is 71.6. The molecule has 0 saturated carbocycles. The maximum atomic E-state index is 16.9. The van der Waals surface area contributed by atoms with Gasteiger partial charge in [-0.1, -0.05) is 18.2 Å². The van der Waals surface area contributed by atoms with Crippen LogP contribution in [0.4, 0.5) is 10.2 Å². The van der Waals surface area contributed by atoms with Gasteiger partial charge in [-0.3, -0.25) is 9.32 Å². The zero-order chi connectivity index (χ0) is 30.3. The van der Waals surface area contributed by atoms with Crippen molar-refractivity contribution < 1.29 is 46.5 Å². The molecule has 2 aliphatic heterocycles. The summed E-state index contributed by atoms with van der Waals surface area (Å²) in [6.45, 7) is 4.18. The molecule has 0 spiro atoms. The molecule has 0 bridgehead atoms. The highest BCUT2D eigenvalue weighted by Gasteiger charge is 2.69. The molecule has 3 aromatic rings. The van der Waals surface area contributed by atoms with E-state index in [9.17, 15) is 9.36 Å². The fraction of sp³-hybridized carbons (Fsp3) is 0.500. The Bertz CT molecular complexity index is 1480. The second kappa shape index (κ2) is 11.5. The number of hydrogen-bond acceptors (Lipinski definition) is 12. The first-order valence-electron chi connectivity index (χ1n) is 13.2. The Balaban J connectivity index is 1.45. The van der Waals surface area contributed by atoms with E-state index in [1.54, 1.807) is 51.1 Å². The van der Waals surface area contributed by atoms with Crippen LogP contribution < -0.4 is 15.3 Å². The highest BCUT2D eigenvalue weighted by atomic mass is 31.2. The van der Waals surface area contributed by atoms with Crippen LogP contribution in [0.1, 0.15) is 33.4 Å². The van der Waals surface area contributed by atoms with E-state index < -0.39 is 62.6 Å². The summed E-state index contributed by atoms with van der Waals surface area (Å²) in [5.74, 6) is -3.09. The highest BCUT2D eigenvalue weighted by Crippen LogP contribution is 2.54. The number of methoxy groups -OCH3 is 1. The van der Waals surface area contributed by atoms with E-state index in [-0.39, 0.29) is 11.6 Å². The monoisotopic (exact) mass is 609 g/mol. The molecule has 0 radical (unpaired) electrons. The molecule has 7 atom stereocenters. The number of carbonyl (C=O) groups is 1. The van der Waals surface area contributed by atoms with E-state index in [1.165, 1.54) is 37.0 Å². The number of halogens is 1. The zero-order valence-electron chi connectivity index (χ0n) is 23.6. The average molecular weight is 610 g/mol.